The molecule has 1 aliphatic rings. The summed E-state index contributed by atoms with van der Waals surface area (Å²) in [4.78, 5) is 35.9. The highest BCUT2D eigenvalue weighted by molar-refractivity contribution is 8.26. The lowest BCUT2D eigenvalue weighted by Gasteiger charge is -2.21. The van der Waals surface area contributed by atoms with Crippen LogP contribution in [0.1, 0.15) is 12.0 Å². The first-order valence-electron chi connectivity index (χ1n) is 6.34. The SMILES string of the molecule is NC(=O)CC(C(=O)O)N1C(=O)/C(=C/c2ccccc2Cl)SC1=S. The van der Waals surface area contributed by atoms with Gasteiger partial charge in [0.1, 0.15) is 10.4 Å². The van der Waals surface area contributed by atoms with E-state index in [0.29, 0.717) is 10.6 Å². The minimum absolute atomic E-state index is 0.0574. The Balaban J connectivity index is 2.34. The van der Waals surface area contributed by atoms with Gasteiger partial charge in [0.25, 0.3) is 5.91 Å². The Kier molecular flexibility index (Phi) is 5.40. The number of carbonyl (C=O) groups is 3. The van der Waals surface area contributed by atoms with E-state index in [4.69, 9.17) is 29.6 Å². The number of rotatable bonds is 5. The molecule has 1 aromatic rings. The zero-order valence-electron chi connectivity index (χ0n) is 11.6. The highest BCUT2D eigenvalue weighted by atomic mass is 35.5. The molecule has 2 amide bonds. The Labute approximate surface area is 146 Å². The number of nitrogens with zero attached hydrogens (tertiary/aromatic N) is 1. The van der Waals surface area contributed by atoms with Crippen LogP contribution in [0.2, 0.25) is 5.02 Å². The van der Waals surface area contributed by atoms with Crippen LogP contribution in [0.4, 0.5) is 0 Å². The number of primary amides is 1. The summed E-state index contributed by atoms with van der Waals surface area (Å²) >= 11 is 12.1. The number of benzene rings is 1. The number of carboxylic acid groups (broad SMARTS) is 1. The first kappa shape index (κ1) is 17.5. The Morgan fingerprint density at radius 1 is 1.43 bits per heavy atom. The third-order valence-electron chi connectivity index (χ3n) is 3.01. The highest BCUT2D eigenvalue weighted by Crippen LogP contribution is 2.35. The summed E-state index contributed by atoms with van der Waals surface area (Å²) in [5.74, 6) is -2.77. The van der Waals surface area contributed by atoms with Gasteiger partial charge in [0, 0.05) is 5.02 Å². The van der Waals surface area contributed by atoms with E-state index in [9.17, 15) is 19.5 Å². The molecule has 9 heteroatoms. The number of hydrogen-bond acceptors (Lipinski definition) is 5. The smallest absolute Gasteiger partial charge is 0.327 e. The Hall–Kier alpha value is -1.90. The predicted octanol–water partition coefficient (Wildman–Crippen LogP) is 1.87. The van der Waals surface area contributed by atoms with Crippen molar-refractivity contribution in [3.05, 3.63) is 39.8 Å². The number of carboxylic acids is 1. The number of hydrogen-bond donors (Lipinski definition) is 2. The maximum atomic E-state index is 12.4. The molecule has 1 heterocycles. The second-order valence-electron chi connectivity index (χ2n) is 4.60. The highest BCUT2D eigenvalue weighted by Gasteiger charge is 2.41. The summed E-state index contributed by atoms with van der Waals surface area (Å²) in [6.45, 7) is 0. The van der Waals surface area contributed by atoms with Crippen molar-refractivity contribution in [2.75, 3.05) is 0 Å². The summed E-state index contributed by atoms with van der Waals surface area (Å²) in [6, 6.07) is 5.47. The van der Waals surface area contributed by atoms with Crippen LogP contribution in [-0.2, 0) is 14.4 Å². The molecule has 1 atom stereocenters. The molecule has 1 aliphatic heterocycles. The van der Waals surface area contributed by atoms with Crippen molar-refractivity contribution in [3.63, 3.8) is 0 Å². The zero-order valence-corrected chi connectivity index (χ0v) is 14.0. The summed E-state index contributed by atoms with van der Waals surface area (Å²) in [5, 5.41) is 9.68. The fourth-order valence-corrected chi connectivity index (χ4v) is 3.50. The van der Waals surface area contributed by atoms with Gasteiger partial charge in [-0.05, 0) is 17.7 Å². The molecule has 0 saturated carbocycles. The molecule has 0 aromatic heterocycles. The summed E-state index contributed by atoms with van der Waals surface area (Å²) in [6.07, 6.45) is 1.02. The Morgan fingerprint density at radius 2 is 2.09 bits per heavy atom. The van der Waals surface area contributed by atoms with Crippen LogP contribution in [0.25, 0.3) is 6.08 Å². The van der Waals surface area contributed by atoms with E-state index in [2.05, 4.69) is 0 Å². The van der Waals surface area contributed by atoms with E-state index in [1.54, 1.807) is 24.3 Å². The van der Waals surface area contributed by atoms with Crippen molar-refractivity contribution in [1.82, 2.24) is 4.90 Å². The van der Waals surface area contributed by atoms with Gasteiger partial charge < -0.3 is 10.8 Å². The molecule has 0 aliphatic carbocycles. The van der Waals surface area contributed by atoms with Crippen LogP contribution in [0.15, 0.2) is 29.2 Å². The van der Waals surface area contributed by atoms with Crippen LogP contribution >= 0.6 is 35.6 Å². The first-order valence-corrected chi connectivity index (χ1v) is 7.94. The lowest BCUT2D eigenvalue weighted by Crippen LogP contribution is -2.46. The molecule has 2 rings (SSSR count). The molecule has 23 heavy (non-hydrogen) atoms. The monoisotopic (exact) mass is 370 g/mol. The van der Waals surface area contributed by atoms with Gasteiger partial charge in [-0.25, -0.2) is 4.79 Å². The number of aliphatic carboxylic acids is 1. The number of carbonyl (C=O) groups excluding carboxylic acids is 2. The van der Waals surface area contributed by atoms with E-state index in [0.717, 1.165) is 16.7 Å². The van der Waals surface area contributed by atoms with Crippen molar-refractivity contribution >= 4 is 63.8 Å². The molecule has 6 nitrogen and oxygen atoms in total. The van der Waals surface area contributed by atoms with E-state index < -0.39 is 30.2 Å². The number of amides is 2. The van der Waals surface area contributed by atoms with Crippen LogP contribution in [-0.4, -0.2) is 38.2 Å². The number of halogens is 1. The molecular formula is C14H11ClN2O4S2. The molecule has 120 valence electrons. The molecule has 0 spiro atoms. The number of nitrogens with two attached hydrogens (primary N) is 1. The fourth-order valence-electron chi connectivity index (χ4n) is 1.96. The minimum Gasteiger partial charge on any atom is -0.480 e. The fraction of sp³-hybridized carbons (Fsp3) is 0.143. The van der Waals surface area contributed by atoms with E-state index in [1.807, 2.05) is 0 Å². The van der Waals surface area contributed by atoms with Gasteiger partial charge in [-0.1, -0.05) is 53.8 Å². The first-order chi connectivity index (χ1) is 10.8. The number of thiocarbonyl (C=S) groups is 1. The standard InChI is InChI=1S/C14H11ClN2O4S2/c15-8-4-2-1-3-7(8)5-10-12(19)17(14(22)23-10)9(13(20)21)6-11(16)18/h1-5,9H,6H2,(H2,16,18)(H,20,21)/b10-5-. The third kappa shape index (κ3) is 3.90. The average molecular weight is 371 g/mol. The third-order valence-corrected chi connectivity index (χ3v) is 4.68. The van der Waals surface area contributed by atoms with E-state index in [-0.39, 0.29) is 9.23 Å². The van der Waals surface area contributed by atoms with Gasteiger partial charge in [-0.2, -0.15) is 0 Å². The van der Waals surface area contributed by atoms with Gasteiger partial charge in [-0.15, -0.1) is 0 Å². The zero-order chi connectivity index (χ0) is 17.1. The summed E-state index contributed by atoms with van der Waals surface area (Å²) < 4.78 is 0.0574. The van der Waals surface area contributed by atoms with E-state index >= 15 is 0 Å². The van der Waals surface area contributed by atoms with Crippen LogP contribution < -0.4 is 5.73 Å². The van der Waals surface area contributed by atoms with Gasteiger partial charge in [0.05, 0.1) is 11.3 Å². The van der Waals surface area contributed by atoms with Crippen molar-refractivity contribution in [2.45, 2.75) is 12.5 Å². The molecule has 1 aromatic carbocycles. The van der Waals surface area contributed by atoms with Crippen molar-refractivity contribution < 1.29 is 19.5 Å². The van der Waals surface area contributed by atoms with Crippen LogP contribution in [0.5, 0.6) is 0 Å². The quantitative estimate of drug-likeness (QED) is 0.606. The molecule has 0 bridgehead atoms. The minimum atomic E-state index is -1.42. The Morgan fingerprint density at radius 3 is 2.65 bits per heavy atom. The van der Waals surface area contributed by atoms with Gasteiger partial charge >= 0.3 is 5.97 Å². The normalized spacial score (nSPS) is 17.6. The maximum Gasteiger partial charge on any atom is 0.327 e. The van der Waals surface area contributed by atoms with Crippen LogP contribution in [0.3, 0.4) is 0 Å². The average Bonchev–Trinajstić information content (AvgIpc) is 2.73. The topological polar surface area (TPSA) is 101 Å². The van der Waals surface area contributed by atoms with Crippen LogP contribution in [0, 0.1) is 0 Å². The van der Waals surface area contributed by atoms with Gasteiger partial charge in [0.2, 0.25) is 5.91 Å². The second kappa shape index (κ2) is 7.12. The van der Waals surface area contributed by atoms with Crippen molar-refractivity contribution in [2.24, 2.45) is 5.73 Å². The van der Waals surface area contributed by atoms with Gasteiger partial charge in [0.15, 0.2) is 0 Å². The maximum absolute atomic E-state index is 12.4. The molecule has 1 saturated heterocycles. The second-order valence-corrected chi connectivity index (χ2v) is 6.68. The molecule has 1 unspecified atom stereocenters. The molecule has 1 fully saturated rings. The molecule has 0 radical (unpaired) electrons. The van der Waals surface area contributed by atoms with Crippen molar-refractivity contribution in [1.29, 1.82) is 0 Å². The Bertz CT molecular complexity index is 735. The molecular weight excluding hydrogens is 360 g/mol. The summed E-state index contributed by atoms with van der Waals surface area (Å²) in [5.41, 5.74) is 5.65. The van der Waals surface area contributed by atoms with Crippen molar-refractivity contribution in [3.8, 4) is 0 Å². The lowest BCUT2D eigenvalue weighted by molar-refractivity contribution is -0.146. The molecule has 3 N–H and O–H groups in total. The van der Waals surface area contributed by atoms with E-state index in [1.165, 1.54) is 6.08 Å². The summed E-state index contributed by atoms with van der Waals surface area (Å²) in [7, 11) is 0. The number of thioether (sulfide) groups is 1. The van der Waals surface area contributed by atoms with Gasteiger partial charge in [-0.3, -0.25) is 14.5 Å². The largest absolute Gasteiger partial charge is 0.480 e. The predicted molar refractivity (Wildman–Crippen MR) is 91.7 cm³/mol. The lowest BCUT2D eigenvalue weighted by atomic mass is 10.1.